The normalized spacial score (nSPS) is 10.9. The Bertz CT molecular complexity index is 883. The van der Waals surface area contributed by atoms with Crippen molar-refractivity contribution in [2.75, 3.05) is 18.5 Å². The highest BCUT2D eigenvalue weighted by atomic mass is 35.5. The molecule has 1 heterocycles. The lowest BCUT2D eigenvalue weighted by atomic mass is 10.1. The van der Waals surface area contributed by atoms with Crippen LogP contribution in [0.25, 0.3) is 10.2 Å². The first-order valence-electron chi connectivity index (χ1n) is 8.03. The number of benzene rings is 2. The monoisotopic (exact) mass is 373 g/mol. The van der Waals surface area contributed by atoms with Gasteiger partial charge < -0.3 is 10.2 Å². The van der Waals surface area contributed by atoms with Crippen molar-refractivity contribution >= 4 is 44.2 Å². The molecule has 0 saturated heterocycles. The minimum atomic E-state index is -0.0601. The van der Waals surface area contributed by atoms with Gasteiger partial charge in [-0.2, -0.15) is 0 Å². The van der Waals surface area contributed by atoms with Crippen LogP contribution in [-0.2, 0) is 11.3 Å². The first-order valence-corrected chi connectivity index (χ1v) is 9.23. The van der Waals surface area contributed by atoms with E-state index in [9.17, 15) is 4.79 Å². The number of anilines is 1. The number of hydrogen-bond donors (Lipinski definition) is 1. The highest BCUT2D eigenvalue weighted by molar-refractivity contribution is 7.22. The lowest BCUT2D eigenvalue weighted by Gasteiger charge is -2.15. The predicted molar refractivity (Wildman–Crippen MR) is 106 cm³/mol. The second-order valence-corrected chi connectivity index (χ2v) is 7.48. The van der Waals surface area contributed by atoms with Crippen LogP contribution in [0.5, 0.6) is 0 Å². The van der Waals surface area contributed by atoms with E-state index in [1.54, 1.807) is 11.3 Å². The molecule has 0 aliphatic rings. The molecule has 0 aliphatic heterocycles. The van der Waals surface area contributed by atoms with E-state index in [0.29, 0.717) is 11.6 Å². The van der Waals surface area contributed by atoms with E-state index in [4.69, 9.17) is 16.6 Å². The lowest BCUT2D eigenvalue weighted by Crippen LogP contribution is -2.34. The Morgan fingerprint density at radius 3 is 2.64 bits per heavy atom. The van der Waals surface area contributed by atoms with Crippen molar-refractivity contribution in [2.45, 2.75) is 20.4 Å². The number of fused-ring (bicyclic) bond motifs is 1. The molecule has 130 valence electrons. The Morgan fingerprint density at radius 2 is 1.92 bits per heavy atom. The number of halogens is 1. The number of rotatable bonds is 5. The van der Waals surface area contributed by atoms with Crippen molar-refractivity contribution in [1.29, 1.82) is 0 Å². The molecule has 4 nitrogen and oxygen atoms in total. The van der Waals surface area contributed by atoms with Crippen molar-refractivity contribution in [2.24, 2.45) is 0 Å². The largest absolute Gasteiger partial charge is 0.350 e. The van der Waals surface area contributed by atoms with E-state index < -0.39 is 0 Å². The molecule has 0 fully saturated rings. The summed E-state index contributed by atoms with van der Waals surface area (Å²) in [4.78, 5) is 18.8. The van der Waals surface area contributed by atoms with Gasteiger partial charge in [0.05, 0.1) is 16.8 Å². The smallest absolute Gasteiger partial charge is 0.239 e. The molecule has 1 aromatic heterocycles. The molecule has 0 aliphatic carbocycles. The number of thiazole rings is 1. The van der Waals surface area contributed by atoms with Gasteiger partial charge in [-0.25, -0.2) is 4.98 Å². The summed E-state index contributed by atoms with van der Waals surface area (Å²) in [5.74, 6) is -0.0601. The van der Waals surface area contributed by atoms with Crippen molar-refractivity contribution in [3.05, 3.63) is 58.1 Å². The summed E-state index contributed by atoms with van der Waals surface area (Å²) in [5.41, 5.74) is 4.29. The number of nitrogens with one attached hydrogen (secondary N) is 1. The van der Waals surface area contributed by atoms with E-state index in [1.807, 2.05) is 36.2 Å². The topological polar surface area (TPSA) is 45.2 Å². The number of amides is 1. The van der Waals surface area contributed by atoms with Crippen molar-refractivity contribution < 1.29 is 4.79 Å². The fourth-order valence-electron chi connectivity index (χ4n) is 2.59. The molecule has 25 heavy (non-hydrogen) atoms. The highest BCUT2D eigenvalue weighted by Crippen LogP contribution is 2.32. The molecule has 0 unspecified atom stereocenters. The van der Waals surface area contributed by atoms with E-state index >= 15 is 0 Å². The molecule has 1 N–H and O–H groups in total. The van der Waals surface area contributed by atoms with Crippen LogP contribution < -0.4 is 10.2 Å². The zero-order valence-corrected chi connectivity index (χ0v) is 16.0. The number of hydrogen-bond acceptors (Lipinski definition) is 4. The Labute approximate surface area is 156 Å². The van der Waals surface area contributed by atoms with Gasteiger partial charge in [-0.05, 0) is 36.6 Å². The third kappa shape index (κ3) is 3.94. The van der Waals surface area contributed by atoms with Crippen LogP contribution in [0.3, 0.4) is 0 Å². The van der Waals surface area contributed by atoms with E-state index in [1.165, 1.54) is 10.3 Å². The Kier molecular flexibility index (Phi) is 5.25. The number of aromatic nitrogens is 1. The lowest BCUT2D eigenvalue weighted by molar-refractivity contribution is -0.119. The molecule has 2 aromatic carbocycles. The number of nitrogens with zero attached hydrogens (tertiary/aromatic N) is 2. The Morgan fingerprint density at radius 1 is 1.20 bits per heavy atom. The van der Waals surface area contributed by atoms with Crippen molar-refractivity contribution in [3.63, 3.8) is 0 Å². The van der Waals surface area contributed by atoms with E-state index in [0.717, 1.165) is 21.8 Å². The molecular formula is C19H20ClN3OS. The summed E-state index contributed by atoms with van der Waals surface area (Å²) < 4.78 is 1.18. The van der Waals surface area contributed by atoms with Gasteiger partial charge in [-0.1, -0.05) is 53.3 Å². The Balaban J connectivity index is 1.66. The molecule has 0 saturated carbocycles. The van der Waals surface area contributed by atoms with Gasteiger partial charge in [-0.15, -0.1) is 0 Å². The van der Waals surface area contributed by atoms with Crippen LogP contribution in [0.2, 0.25) is 5.02 Å². The Hall–Kier alpha value is -2.11. The third-order valence-electron chi connectivity index (χ3n) is 4.07. The molecular weight excluding hydrogens is 354 g/mol. The maximum absolute atomic E-state index is 12.2. The average molecular weight is 374 g/mol. The average Bonchev–Trinajstić information content (AvgIpc) is 3.04. The molecule has 0 bridgehead atoms. The number of likely N-dealkylation sites (N-methyl/N-ethyl adjacent to an activating group) is 1. The summed E-state index contributed by atoms with van der Waals surface area (Å²) in [6, 6.07) is 11.7. The zero-order valence-electron chi connectivity index (χ0n) is 14.5. The summed E-state index contributed by atoms with van der Waals surface area (Å²) >= 11 is 7.73. The molecule has 0 spiro atoms. The third-order valence-corrected chi connectivity index (χ3v) is 5.75. The van der Waals surface area contributed by atoms with Gasteiger partial charge >= 0.3 is 0 Å². The summed E-state index contributed by atoms with van der Waals surface area (Å²) in [6.45, 7) is 4.81. The van der Waals surface area contributed by atoms with E-state index in [-0.39, 0.29) is 12.5 Å². The van der Waals surface area contributed by atoms with Crippen LogP contribution in [0.4, 0.5) is 5.13 Å². The number of carbonyl (C=O) groups is 1. The number of carbonyl (C=O) groups excluding carboxylic acids is 1. The van der Waals surface area contributed by atoms with Crippen LogP contribution >= 0.6 is 22.9 Å². The SMILES string of the molecule is Cc1ccc(C)c2sc(N(C)CC(=O)NCc3ccccc3Cl)nc12. The van der Waals surface area contributed by atoms with E-state index in [2.05, 4.69) is 31.3 Å². The minimum Gasteiger partial charge on any atom is -0.350 e. The molecule has 3 rings (SSSR count). The summed E-state index contributed by atoms with van der Waals surface area (Å²) in [7, 11) is 1.89. The van der Waals surface area contributed by atoms with Gasteiger partial charge in [-0.3, -0.25) is 4.79 Å². The number of aryl methyl sites for hydroxylation is 2. The molecule has 0 atom stereocenters. The summed E-state index contributed by atoms with van der Waals surface area (Å²) in [6.07, 6.45) is 0. The van der Waals surface area contributed by atoms with Gasteiger partial charge in [0, 0.05) is 18.6 Å². The second kappa shape index (κ2) is 7.42. The maximum Gasteiger partial charge on any atom is 0.239 e. The molecule has 3 aromatic rings. The summed E-state index contributed by atoms with van der Waals surface area (Å²) in [5, 5.41) is 4.42. The van der Waals surface area contributed by atoms with Crippen LogP contribution in [-0.4, -0.2) is 24.5 Å². The van der Waals surface area contributed by atoms with Crippen LogP contribution in [0.15, 0.2) is 36.4 Å². The standard InChI is InChI=1S/C19H20ClN3OS/c1-12-8-9-13(2)18-17(12)22-19(25-18)23(3)11-16(24)21-10-14-6-4-5-7-15(14)20/h4-9H,10-11H2,1-3H3,(H,21,24). The van der Waals surface area contributed by atoms with Crippen LogP contribution in [0, 0.1) is 13.8 Å². The highest BCUT2D eigenvalue weighted by Gasteiger charge is 2.14. The van der Waals surface area contributed by atoms with Crippen molar-refractivity contribution in [3.8, 4) is 0 Å². The van der Waals surface area contributed by atoms with Gasteiger partial charge in [0.15, 0.2) is 5.13 Å². The zero-order chi connectivity index (χ0) is 18.0. The first kappa shape index (κ1) is 17.7. The predicted octanol–water partition coefficient (Wildman–Crippen LogP) is 4.32. The molecule has 0 radical (unpaired) electrons. The fourth-order valence-corrected chi connectivity index (χ4v) is 3.86. The van der Waals surface area contributed by atoms with Gasteiger partial charge in [0.2, 0.25) is 5.91 Å². The van der Waals surface area contributed by atoms with Gasteiger partial charge in [0.25, 0.3) is 0 Å². The maximum atomic E-state index is 12.2. The second-order valence-electron chi connectivity index (χ2n) is 6.10. The fraction of sp³-hybridized carbons (Fsp3) is 0.263. The molecule has 6 heteroatoms. The van der Waals surface area contributed by atoms with Crippen LogP contribution in [0.1, 0.15) is 16.7 Å². The van der Waals surface area contributed by atoms with Crippen molar-refractivity contribution in [1.82, 2.24) is 10.3 Å². The van der Waals surface area contributed by atoms with Gasteiger partial charge in [0.1, 0.15) is 0 Å². The quantitative estimate of drug-likeness (QED) is 0.724. The minimum absolute atomic E-state index is 0.0601. The molecule has 1 amide bonds. The first-order chi connectivity index (χ1) is 12.0.